The normalized spacial score (nSPS) is 13.1. The second-order valence-corrected chi connectivity index (χ2v) is 6.23. The van der Waals surface area contributed by atoms with Gasteiger partial charge in [-0.3, -0.25) is 4.79 Å². The van der Waals surface area contributed by atoms with Gasteiger partial charge in [-0.2, -0.15) is 0 Å². The van der Waals surface area contributed by atoms with Gasteiger partial charge in [0.2, 0.25) is 0 Å². The highest BCUT2D eigenvalue weighted by molar-refractivity contribution is 5.98. The fourth-order valence-corrected chi connectivity index (χ4v) is 2.15. The lowest BCUT2D eigenvalue weighted by Gasteiger charge is -2.18. The molecule has 0 bridgehead atoms. The molecule has 1 amide bonds. The summed E-state index contributed by atoms with van der Waals surface area (Å²) in [6, 6.07) is 7.55. The first kappa shape index (κ1) is 15.3. The van der Waals surface area contributed by atoms with E-state index in [1.807, 2.05) is 12.1 Å². The van der Waals surface area contributed by atoms with Gasteiger partial charge >= 0.3 is 0 Å². The van der Waals surface area contributed by atoms with Crippen molar-refractivity contribution in [2.75, 3.05) is 6.61 Å². The average molecular weight is 286 g/mol. The molecule has 0 aliphatic carbocycles. The van der Waals surface area contributed by atoms with Gasteiger partial charge in [0.25, 0.3) is 5.91 Å². The molecule has 21 heavy (non-hydrogen) atoms. The van der Waals surface area contributed by atoms with E-state index in [-0.39, 0.29) is 17.9 Å². The van der Waals surface area contributed by atoms with Crippen LogP contribution in [0.1, 0.15) is 36.8 Å². The van der Waals surface area contributed by atoms with E-state index in [0.29, 0.717) is 5.69 Å². The van der Waals surface area contributed by atoms with Crippen LogP contribution < -0.4 is 5.32 Å². The first-order valence-electron chi connectivity index (χ1n) is 7.02. The first-order valence-corrected chi connectivity index (χ1v) is 7.02. The Morgan fingerprint density at radius 2 is 2.14 bits per heavy atom. The summed E-state index contributed by atoms with van der Waals surface area (Å²) in [5, 5.41) is 12.8. The van der Waals surface area contributed by atoms with Crippen molar-refractivity contribution >= 4 is 16.8 Å². The zero-order valence-corrected chi connectivity index (χ0v) is 12.7. The molecule has 112 valence electrons. The second-order valence-electron chi connectivity index (χ2n) is 6.23. The van der Waals surface area contributed by atoms with Crippen molar-refractivity contribution in [1.82, 2.24) is 10.3 Å². The Kier molecular flexibility index (Phi) is 4.19. The summed E-state index contributed by atoms with van der Waals surface area (Å²) in [5.74, 6) is -0.248. The third-order valence-corrected chi connectivity index (χ3v) is 3.53. The van der Waals surface area contributed by atoms with Crippen molar-refractivity contribution in [3.63, 3.8) is 0 Å². The van der Waals surface area contributed by atoms with Crippen LogP contribution in [0.3, 0.4) is 0 Å². The van der Waals surface area contributed by atoms with Gasteiger partial charge in [-0.15, -0.1) is 6.58 Å². The van der Waals surface area contributed by atoms with E-state index in [4.69, 9.17) is 5.11 Å². The Bertz CT molecular complexity index is 665. The van der Waals surface area contributed by atoms with Gasteiger partial charge in [0.05, 0.1) is 12.6 Å². The van der Waals surface area contributed by atoms with E-state index >= 15 is 0 Å². The van der Waals surface area contributed by atoms with Crippen LogP contribution in [0.4, 0.5) is 0 Å². The van der Waals surface area contributed by atoms with Crippen molar-refractivity contribution in [2.45, 2.75) is 32.2 Å². The number of benzene rings is 1. The summed E-state index contributed by atoms with van der Waals surface area (Å²) in [6.45, 7) is 9.88. The molecule has 2 aromatic rings. The maximum absolute atomic E-state index is 12.1. The molecule has 0 saturated heterocycles. The smallest absolute Gasteiger partial charge is 0.268 e. The number of aromatic amines is 1. The van der Waals surface area contributed by atoms with Crippen LogP contribution in [-0.4, -0.2) is 28.6 Å². The Hall–Kier alpha value is -2.07. The second kappa shape index (κ2) is 5.74. The first-order chi connectivity index (χ1) is 9.85. The highest BCUT2D eigenvalue weighted by Gasteiger charge is 2.16. The third-order valence-electron chi connectivity index (χ3n) is 3.53. The minimum atomic E-state index is -0.436. The summed E-state index contributed by atoms with van der Waals surface area (Å²) in [5.41, 5.74) is 2.70. The Labute approximate surface area is 124 Å². The largest absolute Gasteiger partial charge is 0.394 e. The van der Waals surface area contributed by atoms with Gasteiger partial charge in [-0.25, -0.2) is 0 Å². The van der Waals surface area contributed by atoms with Crippen molar-refractivity contribution in [2.24, 2.45) is 0 Å². The molecule has 0 aliphatic heterocycles. The summed E-state index contributed by atoms with van der Waals surface area (Å²) in [4.78, 5) is 15.2. The number of hydrogen-bond acceptors (Lipinski definition) is 2. The maximum Gasteiger partial charge on any atom is 0.268 e. The number of fused-ring (bicyclic) bond motifs is 1. The topological polar surface area (TPSA) is 65.1 Å². The summed E-state index contributed by atoms with van der Waals surface area (Å²) < 4.78 is 0. The fraction of sp³-hybridized carbons (Fsp3) is 0.353. The summed E-state index contributed by atoms with van der Waals surface area (Å²) in [6.07, 6.45) is 1.51. The van der Waals surface area contributed by atoms with E-state index in [1.165, 1.54) is 11.6 Å². The number of carbonyl (C=O) groups is 1. The Balaban J connectivity index is 2.30. The Morgan fingerprint density at radius 3 is 2.71 bits per heavy atom. The van der Waals surface area contributed by atoms with E-state index in [2.05, 4.69) is 49.8 Å². The van der Waals surface area contributed by atoms with E-state index in [1.54, 1.807) is 0 Å². The van der Waals surface area contributed by atoms with Crippen LogP contribution in [0, 0.1) is 0 Å². The number of H-pyrrole nitrogens is 1. The van der Waals surface area contributed by atoms with Crippen LogP contribution in [-0.2, 0) is 5.41 Å². The lowest BCUT2D eigenvalue weighted by atomic mass is 9.86. The van der Waals surface area contributed by atoms with Crippen LogP contribution in [0.2, 0.25) is 0 Å². The minimum absolute atomic E-state index is 0.0682. The fourth-order valence-electron chi connectivity index (χ4n) is 2.15. The number of amides is 1. The standard InChI is InChI=1S/C17H22N2O2/c1-5-13(10-20)18-16(21)15-9-11-8-12(17(2,3)4)6-7-14(11)19-15/h5-9,13,19-20H,1,10H2,2-4H3,(H,18,21)/t13-/m1/s1. The molecule has 0 unspecified atom stereocenters. The van der Waals surface area contributed by atoms with Crippen molar-refractivity contribution < 1.29 is 9.90 Å². The number of aliphatic hydroxyl groups excluding tert-OH is 1. The lowest BCUT2D eigenvalue weighted by Crippen LogP contribution is -2.35. The monoisotopic (exact) mass is 286 g/mol. The molecule has 1 aromatic heterocycles. The SMILES string of the molecule is C=C[C@H](CO)NC(=O)c1cc2cc(C(C)(C)C)ccc2[nH]1. The van der Waals surface area contributed by atoms with Gasteiger partial charge in [0.1, 0.15) is 5.69 Å². The van der Waals surface area contributed by atoms with Crippen LogP contribution in [0.5, 0.6) is 0 Å². The minimum Gasteiger partial charge on any atom is -0.394 e. The van der Waals surface area contributed by atoms with Gasteiger partial charge in [0.15, 0.2) is 0 Å². The maximum atomic E-state index is 12.1. The van der Waals surface area contributed by atoms with E-state index in [9.17, 15) is 4.79 Å². The van der Waals surface area contributed by atoms with Gasteiger partial charge in [-0.05, 0) is 29.2 Å². The molecule has 0 spiro atoms. The number of hydrogen-bond donors (Lipinski definition) is 3. The van der Waals surface area contributed by atoms with Gasteiger partial charge in [0, 0.05) is 10.9 Å². The number of aliphatic hydroxyl groups is 1. The van der Waals surface area contributed by atoms with Gasteiger partial charge in [-0.1, -0.05) is 32.9 Å². The molecule has 0 radical (unpaired) electrons. The van der Waals surface area contributed by atoms with E-state index in [0.717, 1.165) is 10.9 Å². The highest BCUT2D eigenvalue weighted by Crippen LogP contribution is 2.26. The van der Waals surface area contributed by atoms with Crippen molar-refractivity contribution in [3.8, 4) is 0 Å². The molecule has 1 heterocycles. The lowest BCUT2D eigenvalue weighted by molar-refractivity contribution is 0.0925. The molecular weight excluding hydrogens is 264 g/mol. The molecule has 1 atom stereocenters. The quantitative estimate of drug-likeness (QED) is 0.757. The molecule has 1 aromatic carbocycles. The zero-order chi connectivity index (χ0) is 15.6. The van der Waals surface area contributed by atoms with Crippen molar-refractivity contribution in [3.05, 3.63) is 48.2 Å². The summed E-state index contributed by atoms with van der Waals surface area (Å²) >= 11 is 0. The predicted molar refractivity (Wildman–Crippen MR) is 85.5 cm³/mol. The van der Waals surface area contributed by atoms with Crippen LogP contribution >= 0.6 is 0 Å². The molecule has 4 nitrogen and oxygen atoms in total. The number of carbonyl (C=O) groups excluding carboxylic acids is 1. The van der Waals surface area contributed by atoms with Gasteiger partial charge < -0.3 is 15.4 Å². The zero-order valence-electron chi connectivity index (χ0n) is 12.7. The van der Waals surface area contributed by atoms with Crippen LogP contribution in [0.25, 0.3) is 10.9 Å². The third kappa shape index (κ3) is 3.34. The molecule has 2 rings (SSSR count). The number of nitrogens with one attached hydrogen (secondary N) is 2. The summed E-state index contributed by atoms with van der Waals surface area (Å²) in [7, 11) is 0. The molecule has 0 aliphatic rings. The average Bonchev–Trinajstić information content (AvgIpc) is 2.86. The molecule has 0 fully saturated rings. The molecular formula is C17H22N2O2. The number of rotatable bonds is 4. The van der Waals surface area contributed by atoms with E-state index < -0.39 is 6.04 Å². The number of aromatic nitrogens is 1. The predicted octanol–water partition coefficient (Wildman–Crippen LogP) is 2.74. The molecule has 0 saturated carbocycles. The van der Waals surface area contributed by atoms with Crippen molar-refractivity contribution in [1.29, 1.82) is 0 Å². The molecule has 3 N–H and O–H groups in total. The van der Waals surface area contributed by atoms with Crippen LogP contribution in [0.15, 0.2) is 36.9 Å². The Morgan fingerprint density at radius 1 is 1.43 bits per heavy atom. The molecule has 4 heteroatoms. The highest BCUT2D eigenvalue weighted by atomic mass is 16.3.